The summed E-state index contributed by atoms with van der Waals surface area (Å²) in [7, 11) is 4.54. The van der Waals surface area contributed by atoms with Crippen LogP contribution in [-0.4, -0.2) is 38.3 Å². The van der Waals surface area contributed by atoms with Crippen LogP contribution < -0.4 is 0 Å². The molecular weight excluding hydrogens is 246 g/mol. The maximum Gasteiger partial charge on any atom is 0.0966 e. The summed E-state index contributed by atoms with van der Waals surface area (Å²) < 4.78 is 6.74. The average molecular weight is 276 g/mol. The van der Waals surface area contributed by atoms with E-state index < -0.39 is 0 Å². The Morgan fingerprint density at radius 3 is 2.45 bits per heavy atom. The molecule has 0 N–H and O–H groups in total. The van der Waals surface area contributed by atoms with Crippen molar-refractivity contribution in [3.05, 3.63) is 48.6 Å². The largest absolute Gasteiger partial charge is 0.377 e. The van der Waals surface area contributed by atoms with Crippen LogP contribution in [0.3, 0.4) is 0 Å². The molecule has 0 saturated heterocycles. The number of hydrogen-bond donors (Lipinski definition) is 0. The Labute approximate surface area is 124 Å². The summed E-state index contributed by atoms with van der Waals surface area (Å²) >= 11 is 0. The minimum absolute atomic E-state index is 0.740. The van der Waals surface area contributed by atoms with Gasteiger partial charge in [0, 0.05) is 6.61 Å². The smallest absolute Gasteiger partial charge is 0.0966 e. The molecule has 0 unspecified atom stereocenters. The van der Waals surface area contributed by atoms with E-state index in [9.17, 15) is 0 Å². The zero-order valence-corrected chi connectivity index (χ0v) is 13.2. The highest BCUT2D eigenvalue weighted by Gasteiger charge is 2.11. The van der Waals surface area contributed by atoms with Crippen LogP contribution in [-0.2, 0) is 11.3 Å². The lowest BCUT2D eigenvalue weighted by molar-refractivity contribution is -0.884. The van der Waals surface area contributed by atoms with Crippen molar-refractivity contribution in [2.24, 2.45) is 0 Å². The highest BCUT2D eigenvalue weighted by atomic mass is 16.5. The summed E-state index contributed by atoms with van der Waals surface area (Å²) in [4.78, 5) is 0. The number of likely N-dealkylation sites (N-methyl/N-ethyl adjacent to an activating group) is 1. The summed E-state index contributed by atoms with van der Waals surface area (Å²) in [6.45, 7) is 7.72. The Bertz CT molecular complexity index is 359. The van der Waals surface area contributed by atoms with E-state index in [0.29, 0.717) is 0 Å². The van der Waals surface area contributed by atoms with Crippen molar-refractivity contribution in [2.45, 2.75) is 32.3 Å². The molecule has 0 aliphatic carbocycles. The van der Waals surface area contributed by atoms with E-state index in [1.54, 1.807) is 0 Å². The highest BCUT2D eigenvalue weighted by molar-refractivity contribution is 5.13. The summed E-state index contributed by atoms with van der Waals surface area (Å²) in [6, 6.07) is 10.4. The molecule has 2 heteroatoms. The van der Waals surface area contributed by atoms with Gasteiger partial charge in [0.15, 0.2) is 0 Å². The number of quaternary nitrogens is 1. The lowest BCUT2D eigenvalue weighted by atomic mass is 10.2. The predicted octanol–water partition coefficient (Wildman–Crippen LogP) is 4.03. The van der Waals surface area contributed by atoms with Gasteiger partial charge >= 0.3 is 0 Å². The number of nitrogens with zero attached hydrogens (tertiary/aromatic N) is 1. The van der Waals surface area contributed by atoms with Crippen LogP contribution in [0.15, 0.2) is 43.0 Å². The van der Waals surface area contributed by atoms with E-state index in [1.807, 2.05) is 12.1 Å². The van der Waals surface area contributed by atoms with Crippen molar-refractivity contribution in [1.82, 2.24) is 0 Å². The van der Waals surface area contributed by atoms with Gasteiger partial charge in [-0.05, 0) is 30.9 Å². The Hall–Kier alpha value is -1.12. The second-order valence-corrected chi connectivity index (χ2v) is 6.08. The molecule has 1 aromatic carbocycles. The molecule has 0 aliphatic rings. The molecular formula is C18H30NO+. The topological polar surface area (TPSA) is 9.23 Å². The van der Waals surface area contributed by atoms with Crippen molar-refractivity contribution in [2.75, 3.05) is 33.8 Å². The second-order valence-electron chi connectivity index (χ2n) is 6.08. The third kappa shape index (κ3) is 8.13. The second kappa shape index (κ2) is 9.73. The van der Waals surface area contributed by atoms with Gasteiger partial charge in [-0.15, -0.1) is 0 Å². The van der Waals surface area contributed by atoms with Gasteiger partial charge in [-0.3, -0.25) is 0 Å². The van der Waals surface area contributed by atoms with E-state index in [0.717, 1.165) is 24.2 Å². The molecule has 0 fully saturated rings. The van der Waals surface area contributed by atoms with Crippen molar-refractivity contribution < 1.29 is 9.22 Å². The molecule has 0 aromatic heterocycles. The Morgan fingerprint density at radius 1 is 1.05 bits per heavy atom. The summed E-state index contributed by atoms with van der Waals surface area (Å²) in [5.41, 5.74) is 1.26. The quantitative estimate of drug-likeness (QED) is 0.337. The zero-order valence-electron chi connectivity index (χ0n) is 13.2. The lowest BCUT2D eigenvalue weighted by Gasteiger charge is -2.28. The molecule has 0 saturated carbocycles. The first-order chi connectivity index (χ1) is 9.64. The molecule has 0 amide bonds. The predicted molar refractivity (Wildman–Crippen MR) is 86.6 cm³/mol. The molecule has 1 aromatic rings. The molecule has 112 valence electrons. The first-order valence-corrected chi connectivity index (χ1v) is 7.68. The first kappa shape index (κ1) is 16.9. The fourth-order valence-corrected chi connectivity index (χ4v) is 2.30. The van der Waals surface area contributed by atoms with Gasteiger partial charge in [0.05, 0.1) is 33.8 Å². The van der Waals surface area contributed by atoms with E-state index in [-0.39, 0.29) is 0 Å². The van der Waals surface area contributed by atoms with Gasteiger partial charge < -0.3 is 9.22 Å². The SMILES string of the molecule is C=CC[N+](C)(C)CCCCCCOCc1ccccc1. The van der Waals surface area contributed by atoms with Gasteiger partial charge in [-0.2, -0.15) is 0 Å². The van der Waals surface area contributed by atoms with E-state index in [2.05, 4.69) is 44.9 Å². The van der Waals surface area contributed by atoms with Crippen molar-refractivity contribution in [3.63, 3.8) is 0 Å². The molecule has 0 heterocycles. The summed E-state index contributed by atoms with van der Waals surface area (Å²) in [5.74, 6) is 0. The fourth-order valence-electron chi connectivity index (χ4n) is 2.30. The van der Waals surface area contributed by atoms with Crippen molar-refractivity contribution in [3.8, 4) is 0 Å². The standard InChI is InChI=1S/C18H30NO/c1-4-14-19(2,3)15-10-5-6-11-16-20-17-18-12-8-7-9-13-18/h4,7-9,12-13H,1,5-6,10-11,14-17H2,2-3H3/q+1. The normalized spacial score (nSPS) is 11.5. The average Bonchev–Trinajstić information content (AvgIpc) is 2.43. The van der Waals surface area contributed by atoms with Gasteiger partial charge in [-0.25, -0.2) is 0 Å². The van der Waals surface area contributed by atoms with Crippen LogP contribution in [0, 0.1) is 0 Å². The van der Waals surface area contributed by atoms with Crippen molar-refractivity contribution in [1.29, 1.82) is 0 Å². The molecule has 0 bridgehead atoms. The number of unbranched alkanes of at least 4 members (excludes halogenated alkanes) is 3. The van der Waals surface area contributed by atoms with Crippen molar-refractivity contribution >= 4 is 0 Å². The minimum Gasteiger partial charge on any atom is -0.377 e. The van der Waals surface area contributed by atoms with Crippen LogP contribution in [0.1, 0.15) is 31.2 Å². The van der Waals surface area contributed by atoms with Crippen LogP contribution in [0.25, 0.3) is 0 Å². The lowest BCUT2D eigenvalue weighted by Crippen LogP contribution is -2.40. The van der Waals surface area contributed by atoms with E-state index in [1.165, 1.54) is 37.8 Å². The third-order valence-corrected chi connectivity index (χ3v) is 3.54. The van der Waals surface area contributed by atoms with Gasteiger partial charge in [-0.1, -0.05) is 43.3 Å². The Balaban J connectivity index is 1.94. The summed E-state index contributed by atoms with van der Waals surface area (Å²) in [6.07, 6.45) is 7.04. The highest BCUT2D eigenvalue weighted by Crippen LogP contribution is 2.07. The van der Waals surface area contributed by atoms with Crippen LogP contribution >= 0.6 is 0 Å². The number of rotatable bonds is 11. The van der Waals surface area contributed by atoms with Crippen LogP contribution in [0.5, 0.6) is 0 Å². The third-order valence-electron chi connectivity index (χ3n) is 3.54. The Kier molecular flexibility index (Phi) is 8.24. The van der Waals surface area contributed by atoms with E-state index >= 15 is 0 Å². The summed E-state index contributed by atoms with van der Waals surface area (Å²) in [5, 5.41) is 0. The molecule has 1 rings (SSSR count). The van der Waals surface area contributed by atoms with Gasteiger partial charge in [0.25, 0.3) is 0 Å². The Morgan fingerprint density at radius 2 is 1.75 bits per heavy atom. The molecule has 0 spiro atoms. The molecule has 0 radical (unpaired) electrons. The number of hydrogen-bond acceptors (Lipinski definition) is 1. The monoisotopic (exact) mass is 276 g/mol. The first-order valence-electron chi connectivity index (χ1n) is 7.68. The maximum absolute atomic E-state index is 5.69. The number of ether oxygens (including phenoxy) is 1. The minimum atomic E-state index is 0.740. The molecule has 0 aliphatic heterocycles. The number of benzene rings is 1. The van der Waals surface area contributed by atoms with Crippen LogP contribution in [0.2, 0.25) is 0 Å². The molecule has 20 heavy (non-hydrogen) atoms. The fraction of sp³-hybridized carbons (Fsp3) is 0.556. The van der Waals surface area contributed by atoms with Crippen LogP contribution in [0.4, 0.5) is 0 Å². The van der Waals surface area contributed by atoms with Gasteiger partial charge in [0.2, 0.25) is 0 Å². The maximum atomic E-state index is 5.69. The molecule has 2 nitrogen and oxygen atoms in total. The zero-order chi connectivity index (χ0) is 14.7. The van der Waals surface area contributed by atoms with E-state index in [4.69, 9.17) is 4.74 Å². The van der Waals surface area contributed by atoms with Gasteiger partial charge in [0.1, 0.15) is 0 Å². The molecule has 0 atom stereocenters.